The molecule has 0 fully saturated rings. The molecule has 0 unspecified atom stereocenters. The highest BCUT2D eigenvalue weighted by Crippen LogP contribution is 2.22. The zero-order valence-electron chi connectivity index (χ0n) is 11.1. The highest BCUT2D eigenvalue weighted by molar-refractivity contribution is 7.15. The van der Waals surface area contributed by atoms with Crippen molar-refractivity contribution in [3.05, 3.63) is 73.0 Å². The van der Waals surface area contributed by atoms with Crippen LogP contribution in [0.15, 0.2) is 47.3 Å². The number of benzene rings is 2. The molecule has 4 rings (SSSR count). The van der Waals surface area contributed by atoms with E-state index < -0.39 is 0 Å². The molecular formula is C16H8Cl2N2OS. The highest BCUT2D eigenvalue weighted by atomic mass is 35.5. The van der Waals surface area contributed by atoms with Crippen LogP contribution < -0.4 is 10.1 Å². The fraction of sp³-hybridized carbons (Fsp3) is 0. The summed E-state index contributed by atoms with van der Waals surface area (Å²) in [5.74, 6) is 0. The number of halogens is 2. The Morgan fingerprint density at radius 2 is 1.95 bits per heavy atom. The molecule has 0 spiro atoms. The molecule has 0 aliphatic heterocycles. The molecule has 6 heteroatoms. The van der Waals surface area contributed by atoms with Crippen LogP contribution in [0, 0.1) is 0 Å². The first-order valence-corrected chi connectivity index (χ1v) is 8.07. The Morgan fingerprint density at radius 3 is 2.77 bits per heavy atom. The van der Waals surface area contributed by atoms with E-state index in [0.29, 0.717) is 19.5 Å². The molecule has 2 heterocycles. The first kappa shape index (κ1) is 13.8. The maximum atomic E-state index is 12.6. The second kappa shape index (κ2) is 5.09. The topological polar surface area (TPSA) is 34.4 Å². The number of hydrogen-bond donors (Lipinski definition) is 0. The molecule has 2 aromatic carbocycles. The van der Waals surface area contributed by atoms with Gasteiger partial charge in [-0.25, -0.2) is 9.38 Å². The van der Waals surface area contributed by atoms with Crippen molar-refractivity contribution in [2.75, 3.05) is 0 Å². The maximum Gasteiger partial charge on any atom is 0.274 e. The van der Waals surface area contributed by atoms with E-state index in [2.05, 4.69) is 4.98 Å². The van der Waals surface area contributed by atoms with E-state index in [-0.39, 0.29) is 5.56 Å². The largest absolute Gasteiger partial charge is 0.274 e. The molecule has 22 heavy (non-hydrogen) atoms. The van der Waals surface area contributed by atoms with E-state index in [1.165, 1.54) is 11.3 Å². The monoisotopic (exact) mass is 346 g/mol. The Hall–Kier alpha value is -1.88. The van der Waals surface area contributed by atoms with Crippen molar-refractivity contribution in [2.24, 2.45) is 0 Å². The van der Waals surface area contributed by atoms with Crippen molar-refractivity contribution in [3.63, 3.8) is 0 Å². The summed E-state index contributed by atoms with van der Waals surface area (Å²) < 4.78 is 2.23. The van der Waals surface area contributed by atoms with Gasteiger partial charge in [0.15, 0.2) is 4.96 Å². The molecule has 0 radical (unpaired) electrons. The summed E-state index contributed by atoms with van der Waals surface area (Å²) >= 11 is 13.4. The van der Waals surface area contributed by atoms with Crippen LogP contribution in [0.1, 0.15) is 5.56 Å². The molecule has 0 aliphatic carbocycles. The average Bonchev–Trinajstić information content (AvgIpc) is 2.99. The van der Waals surface area contributed by atoms with Gasteiger partial charge in [-0.2, -0.15) is 0 Å². The third-order valence-electron chi connectivity index (χ3n) is 3.39. The molecule has 2 aromatic heterocycles. The minimum atomic E-state index is -0.0836. The Balaban J connectivity index is 2.01. The summed E-state index contributed by atoms with van der Waals surface area (Å²) in [6.07, 6.45) is 1.77. The molecule has 4 aromatic rings. The predicted octanol–water partition coefficient (Wildman–Crippen LogP) is 3.76. The van der Waals surface area contributed by atoms with Crippen molar-refractivity contribution in [2.45, 2.75) is 0 Å². The molecule has 0 amide bonds. The third kappa shape index (κ3) is 2.11. The number of para-hydroxylation sites is 2. The SMILES string of the molecule is O=c1c(=Cc2ccc(Cl)cc2Cl)sc2nc3ccccc3n12. The van der Waals surface area contributed by atoms with Crippen LogP contribution in [-0.4, -0.2) is 9.38 Å². The van der Waals surface area contributed by atoms with Crippen LogP contribution in [-0.2, 0) is 0 Å². The summed E-state index contributed by atoms with van der Waals surface area (Å²) in [6.45, 7) is 0. The van der Waals surface area contributed by atoms with Gasteiger partial charge in [0.2, 0.25) is 0 Å². The van der Waals surface area contributed by atoms with Crippen molar-refractivity contribution in [1.29, 1.82) is 0 Å². The van der Waals surface area contributed by atoms with Crippen LogP contribution >= 0.6 is 34.5 Å². The van der Waals surface area contributed by atoms with Crippen LogP contribution in [0.3, 0.4) is 0 Å². The van der Waals surface area contributed by atoms with Crippen LogP contribution in [0.5, 0.6) is 0 Å². The average molecular weight is 347 g/mol. The number of fused-ring (bicyclic) bond motifs is 3. The van der Waals surface area contributed by atoms with Crippen molar-refractivity contribution >= 4 is 56.6 Å². The van der Waals surface area contributed by atoms with Gasteiger partial charge in [-0.05, 0) is 35.9 Å². The zero-order valence-corrected chi connectivity index (χ0v) is 13.4. The van der Waals surface area contributed by atoms with Gasteiger partial charge in [0, 0.05) is 10.0 Å². The number of hydrogen-bond acceptors (Lipinski definition) is 3. The van der Waals surface area contributed by atoms with E-state index in [1.54, 1.807) is 28.7 Å². The molecule has 0 bridgehead atoms. The smallest absolute Gasteiger partial charge is 0.267 e. The lowest BCUT2D eigenvalue weighted by molar-refractivity contribution is 1.19. The van der Waals surface area contributed by atoms with Gasteiger partial charge in [-0.3, -0.25) is 4.79 Å². The Labute approximate surface area is 139 Å². The van der Waals surface area contributed by atoms with Crippen molar-refractivity contribution < 1.29 is 0 Å². The number of aromatic nitrogens is 2. The number of nitrogens with zero attached hydrogens (tertiary/aromatic N) is 2. The Bertz CT molecular complexity index is 1130. The van der Waals surface area contributed by atoms with E-state index in [4.69, 9.17) is 23.2 Å². The van der Waals surface area contributed by atoms with Crippen LogP contribution in [0.25, 0.3) is 22.1 Å². The highest BCUT2D eigenvalue weighted by Gasteiger charge is 2.10. The maximum absolute atomic E-state index is 12.6. The molecule has 0 saturated heterocycles. The number of imidazole rings is 1. The molecule has 3 nitrogen and oxygen atoms in total. The van der Waals surface area contributed by atoms with Crippen LogP contribution in [0.4, 0.5) is 0 Å². The minimum Gasteiger partial charge on any atom is -0.267 e. The molecule has 108 valence electrons. The molecule has 0 aliphatic rings. The van der Waals surface area contributed by atoms with Gasteiger partial charge in [-0.15, -0.1) is 0 Å². The summed E-state index contributed by atoms with van der Waals surface area (Å²) in [5.41, 5.74) is 2.32. The summed E-state index contributed by atoms with van der Waals surface area (Å²) in [7, 11) is 0. The summed E-state index contributed by atoms with van der Waals surface area (Å²) in [6, 6.07) is 12.8. The van der Waals surface area contributed by atoms with E-state index in [9.17, 15) is 4.79 Å². The van der Waals surface area contributed by atoms with E-state index in [1.807, 2.05) is 24.3 Å². The summed E-state index contributed by atoms with van der Waals surface area (Å²) in [4.78, 5) is 17.8. The van der Waals surface area contributed by atoms with Crippen molar-refractivity contribution in [1.82, 2.24) is 9.38 Å². The molecular weight excluding hydrogens is 339 g/mol. The van der Waals surface area contributed by atoms with E-state index in [0.717, 1.165) is 16.6 Å². The Kier molecular flexibility index (Phi) is 3.18. The van der Waals surface area contributed by atoms with Crippen LogP contribution in [0.2, 0.25) is 10.0 Å². The van der Waals surface area contributed by atoms with Gasteiger partial charge in [0.25, 0.3) is 5.56 Å². The molecule has 0 atom stereocenters. The minimum absolute atomic E-state index is 0.0836. The molecule has 0 saturated carbocycles. The van der Waals surface area contributed by atoms with Gasteiger partial charge >= 0.3 is 0 Å². The quantitative estimate of drug-likeness (QED) is 0.525. The van der Waals surface area contributed by atoms with E-state index >= 15 is 0 Å². The lowest BCUT2D eigenvalue weighted by atomic mass is 10.2. The first-order chi connectivity index (χ1) is 10.6. The van der Waals surface area contributed by atoms with Gasteiger partial charge in [0.1, 0.15) is 0 Å². The predicted molar refractivity (Wildman–Crippen MR) is 92.1 cm³/mol. The fourth-order valence-electron chi connectivity index (χ4n) is 2.37. The normalized spacial score (nSPS) is 12.5. The Morgan fingerprint density at radius 1 is 1.14 bits per heavy atom. The zero-order chi connectivity index (χ0) is 15.3. The fourth-order valence-corrected chi connectivity index (χ4v) is 3.81. The molecule has 0 N–H and O–H groups in total. The summed E-state index contributed by atoms with van der Waals surface area (Å²) in [5, 5.41) is 1.08. The van der Waals surface area contributed by atoms with Crippen molar-refractivity contribution in [3.8, 4) is 0 Å². The van der Waals surface area contributed by atoms with Gasteiger partial charge in [0.05, 0.1) is 15.6 Å². The first-order valence-electron chi connectivity index (χ1n) is 6.50. The second-order valence-corrected chi connectivity index (χ2v) is 6.65. The standard InChI is InChI=1S/C16H8Cl2N2OS/c17-10-6-5-9(11(18)8-10)7-14-15(21)20-13-4-2-1-3-12(13)19-16(20)22-14/h1-8H. The van der Waals surface area contributed by atoms with Gasteiger partial charge < -0.3 is 0 Å². The lowest BCUT2D eigenvalue weighted by Gasteiger charge is -1.97. The second-order valence-electron chi connectivity index (χ2n) is 4.80. The number of rotatable bonds is 1. The third-order valence-corrected chi connectivity index (χ3v) is 4.93. The number of thiazole rings is 1. The van der Waals surface area contributed by atoms with Gasteiger partial charge in [-0.1, -0.05) is 52.7 Å². The lowest BCUT2D eigenvalue weighted by Crippen LogP contribution is -2.22.